The summed E-state index contributed by atoms with van der Waals surface area (Å²) in [5, 5.41) is 0. The largest absolute Gasteiger partial charge is 0.466 e. The molecule has 86 valence electrons. The SMILES string of the molecule is COC(=O)/C=C\C1CCN(C(C)C)CC1. The summed E-state index contributed by atoms with van der Waals surface area (Å²) < 4.78 is 4.56. The van der Waals surface area contributed by atoms with Gasteiger partial charge in [-0.15, -0.1) is 0 Å². The van der Waals surface area contributed by atoms with E-state index in [1.807, 2.05) is 6.08 Å². The Bertz CT molecular complexity index is 228. The van der Waals surface area contributed by atoms with Gasteiger partial charge in [-0.25, -0.2) is 4.79 Å². The zero-order valence-corrected chi connectivity index (χ0v) is 9.90. The Morgan fingerprint density at radius 2 is 2.00 bits per heavy atom. The average Bonchev–Trinajstić information content (AvgIpc) is 2.26. The summed E-state index contributed by atoms with van der Waals surface area (Å²) in [4.78, 5) is 13.4. The number of nitrogens with zero attached hydrogens (tertiary/aromatic N) is 1. The molecule has 3 nitrogen and oxygen atoms in total. The summed E-state index contributed by atoms with van der Waals surface area (Å²) in [5.74, 6) is 0.292. The normalized spacial score (nSPS) is 20.0. The van der Waals surface area contributed by atoms with Crippen LogP contribution in [0.2, 0.25) is 0 Å². The zero-order valence-electron chi connectivity index (χ0n) is 9.90. The molecule has 0 atom stereocenters. The molecule has 0 aromatic carbocycles. The van der Waals surface area contributed by atoms with E-state index >= 15 is 0 Å². The summed E-state index contributed by atoms with van der Waals surface area (Å²) in [6, 6.07) is 0.635. The highest BCUT2D eigenvalue weighted by Crippen LogP contribution is 2.19. The number of likely N-dealkylation sites (tertiary alicyclic amines) is 1. The monoisotopic (exact) mass is 211 g/mol. The van der Waals surface area contributed by atoms with Crippen LogP contribution in [-0.2, 0) is 9.53 Å². The molecule has 1 aliphatic heterocycles. The predicted molar refractivity (Wildman–Crippen MR) is 60.6 cm³/mol. The van der Waals surface area contributed by atoms with Crippen LogP contribution >= 0.6 is 0 Å². The molecule has 1 rings (SSSR count). The molecular weight excluding hydrogens is 190 g/mol. The van der Waals surface area contributed by atoms with Crippen LogP contribution in [0, 0.1) is 5.92 Å². The number of allylic oxidation sites excluding steroid dienone is 1. The third-order valence-corrected chi connectivity index (χ3v) is 3.01. The standard InChI is InChI=1S/C12H21NO2/c1-10(2)13-8-6-11(7-9-13)4-5-12(14)15-3/h4-5,10-11H,6-9H2,1-3H3/b5-4-. The van der Waals surface area contributed by atoms with E-state index in [0.29, 0.717) is 12.0 Å². The van der Waals surface area contributed by atoms with Gasteiger partial charge in [0.2, 0.25) is 0 Å². The van der Waals surface area contributed by atoms with E-state index in [4.69, 9.17) is 0 Å². The molecule has 15 heavy (non-hydrogen) atoms. The van der Waals surface area contributed by atoms with E-state index < -0.39 is 0 Å². The number of hydrogen-bond acceptors (Lipinski definition) is 3. The van der Waals surface area contributed by atoms with Gasteiger partial charge in [-0.1, -0.05) is 6.08 Å². The third-order valence-electron chi connectivity index (χ3n) is 3.01. The van der Waals surface area contributed by atoms with Gasteiger partial charge in [0.25, 0.3) is 0 Å². The van der Waals surface area contributed by atoms with Crippen LogP contribution in [0.25, 0.3) is 0 Å². The number of hydrogen-bond donors (Lipinski definition) is 0. The van der Waals surface area contributed by atoms with Crippen molar-refractivity contribution in [2.24, 2.45) is 5.92 Å². The summed E-state index contributed by atoms with van der Waals surface area (Å²) in [6.45, 7) is 6.72. The van der Waals surface area contributed by atoms with E-state index in [-0.39, 0.29) is 5.97 Å². The molecule has 0 aromatic heterocycles. The molecule has 0 aromatic rings. The molecule has 0 N–H and O–H groups in total. The summed E-state index contributed by atoms with van der Waals surface area (Å²) in [6.07, 6.45) is 5.83. The van der Waals surface area contributed by atoms with Gasteiger partial charge in [-0.05, 0) is 45.7 Å². The van der Waals surface area contributed by atoms with E-state index in [0.717, 1.165) is 25.9 Å². The molecule has 0 radical (unpaired) electrons. The Morgan fingerprint density at radius 3 is 2.47 bits per heavy atom. The number of esters is 1. The molecule has 0 unspecified atom stereocenters. The first kappa shape index (κ1) is 12.2. The Balaban J connectivity index is 2.31. The summed E-state index contributed by atoms with van der Waals surface area (Å²) in [7, 11) is 1.41. The van der Waals surface area contributed by atoms with E-state index in [2.05, 4.69) is 23.5 Å². The number of piperidine rings is 1. The van der Waals surface area contributed by atoms with E-state index in [1.165, 1.54) is 7.11 Å². The molecule has 0 aliphatic carbocycles. The van der Waals surface area contributed by atoms with E-state index in [9.17, 15) is 4.79 Å². The molecular formula is C12H21NO2. The third kappa shape index (κ3) is 4.04. The quantitative estimate of drug-likeness (QED) is 0.527. The average molecular weight is 211 g/mol. The number of carbonyl (C=O) groups is 1. The van der Waals surface area contributed by atoms with Gasteiger partial charge in [0.15, 0.2) is 0 Å². The first-order chi connectivity index (χ1) is 7.13. The summed E-state index contributed by atoms with van der Waals surface area (Å²) >= 11 is 0. The highest BCUT2D eigenvalue weighted by molar-refractivity contribution is 5.81. The molecule has 1 aliphatic rings. The van der Waals surface area contributed by atoms with Crippen LogP contribution in [-0.4, -0.2) is 37.1 Å². The first-order valence-electron chi connectivity index (χ1n) is 5.63. The van der Waals surface area contributed by atoms with Gasteiger partial charge in [0.05, 0.1) is 7.11 Å². The van der Waals surface area contributed by atoms with Gasteiger partial charge >= 0.3 is 5.97 Å². The van der Waals surface area contributed by atoms with Crippen molar-refractivity contribution < 1.29 is 9.53 Å². The minimum atomic E-state index is -0.249. The Hall–Kier alpha value is -0.830. The van der Waals surface area contributed by atoms with Gasteiger partial charge in [-0.2, -0.15) is 0 Å². The second kappa shape index (κ2) is 5.91. The lowest BCUT2D eigenvalue weighted by atomic mass is 9.95. The molecule has 1 heterocycles. The number of carbonyl (C=O) groups excluding carboxylic acids is 1. The van der Waals surface area contributed by atoms with Crippen molar-refractivity contribution in [1.82, 2.24) is 4.90 Å². The first-order valence-corrected chi connectivity index (χ1v) is 5.63. The van der Waals surface area contributed by atoms with Crippen LogP contribution in [0.5, 0.6) is 0 Å². The molecule has 1 fully saturated rings. The maximum atomic E-state index is 10.9. The zero-order chi connectivity index (χ0) is 11.3. The number of methoxy groups -OCH3 is 1. The number of ether oxygens (including phenoxy) is 1. The van der Waals surface area contributed by atoms with E-state index in [1.54, 1.807) is 6.08 Å². The molecule has 1 saturated heterocycles. The lowest BCUT2D eigenvalue weighted by Crippen LogP contribution is -2.38. The Kier molecular flexibility index (Phi) is 4.82. The van der Waals surface area contributed by atoms with Crippen LogP contribution in [0.4, 0.5) is 0 Å². The number of rotatable bonds is 3. The summed E-state index contributed by atoms with van der Waals surface area (Å²) in [5.41, 5.74) is 0. The van der Waals surface area contributed by atoms with Crippen LogP contribution < -0.4 is 0 Å². The smallest absolute Gasteiger partial charge is 0.330 e. The maximum absolute atomic E-state index is 10.9. The Morgan fingerprint density at radius 1 is 1.40 bits per heavy atom. The van der Waals surface area contributed by atoms with Gasteiger partial charge in [0.1, 0.15) is 0 Å². The lowest BCUT2D eigenvalue weighted by molar-refractivity contribution is -0.134. The van der Waals surface area contributed by atoms with Gasteiger partial charge in [0, 0.05) is 12.1 Å². The highest BCUT2D eigenvalue weighted by atomic mass is 16.5. The van der Waals surface area contributed by atoms with Crippen molar-refractivity contribution in [2.75, 3.05) is 20.2 Å². The van der Waals surface area contributed by atoms with Crippen molar-refractivity contribution in [3.8, 4) is 0 Å². The fraction of sp³-hybridized carbons (Fsp3) is 0.750. The second-order valence-electron chi connectivity index (χ2n) is 4.35. The Labute approximate surface area is 92.1 Å². The van der Waals surface area contributed by atoms with Crippen molar-refractivity contribution in [1.29, 1.82) is 0 Å². The van der Waals surface area contributed by atoms with Crippen molar-refractivity contribution in [3.05, 3.63) is 12.2 Å². The molecule has 0 saturated carbocycles. The van der Waals surface area contributed by atoms with Gasteiger partial charge in [-0.3, -0.25) is 0 Å². The maximum Gasteiger partial charge on any atom is 0.330 e. The topological polar surface area (TPSA) is 29.5 Å². The highest BCUT2D eigenvalue weighted by Gasteiger charge is 2.18. The van der Waals surface area contributed by atoms with Crippen molar-refractivity contribution >= 4 is 5.97 Å². The molecule has 0 bridgehead atoms. The van der Waals surface area contributed by atoms with Crippen LogP contribution in [0.3, 0.4) is 0 Å². The fourth-order valence-electron chi connectivity index (χ4n) is 1.91. The van der Waals surface area contributed by atoms with Crippen LogP contribution in [0.15, 0.2) is 12.2 Å². The fourth-order valence-corrected chi connectivity index (χ4v) is 1.91. The second-order valence-corrected chi connectivity index (χ2v) is 4.35. The molecule has 0 spiro atoms. The van der Waals surface area contributed by atoms with Crippen molar-refractivity contribution in [2.45, 2.75) is 32.7 Å². The minimum Gasteiger partial charge on any atom is -0.466 e. The predicted octanol–water partition coefficient (Wildman–Crippen LogP) is 1.84. The minimum absolute atomic E-state index is 0.249. The molecule has 0 amide bonds. The van der Waals surface area contributed by atoms with Crippen molar-refractivity contribution in [3.63, 3.8) is 0 Å². The van der Waals surface area contributed by atoms with Crippen LogP contribution in [0.1, 0.15) is 26.7 Å². The lowest BCUT2D eigenvalue weighted by Gasteiger charge is -2.33. The molecule has 3 heteroatoms. The van der Waals surface area contributed by atoms with Gasteiger partial charge < -0.3 is 9.64 Å².